The van der Waals surface area contributed by atoms with Gasteiger partial charge in [-0.3, -0.25) is 0 Å². The van der Waals surface area contributed by atoms with Gasteiger partial charge in [-0.05, 0) is 36.4 Å². The minimum atomic E-state index is 0.822. The van der Waals surface area contributed by atoms with Gasteiger partial charge in [0.05, 0.1) is 0 Å². The summed E-state index contributed by atoms with van der Waals surface area (Å²) in [5.74, 6) is 0.822. The highest BCUT2D eigenvalue weighted by Gasteiger charge is 2.09. The van der Waals surface area contributed by atoms with Crippen LogP contribution in [0.15, 0.2) is 57.5 Å². The van der Waals surface area contributed by atoms with Gasteiger partial charge in [0.2, 0.25) is 0 Å². The number of fused-ring (bicyclic) bond motifs is 1. The summed E-state index contributed by atoms with van der Waals surface area (Å²) in [4.78, 5) is 0. The molecule has 1 aromatic heterocycles. The fourth-order valence-corrected chi connectivity index (χ4v) is 1.96. The van der Waals surface area contributed by atoms with Crippen LogP contribution in [0, 0.1) is 0 Å². The number of rotatable bonds is 1. The van der Waals surface area contributed by atoms with Gasteiger partial charge in [0.1, 0.15) is 5.52 Å². The maximum Gasteiger partial charge on any atom is 0.174 e. The minimum absolute atomic E-state index is 0.822. The van der Waals surface area contributed by atoms with E-state index in [2.05, 4.69) is 21.1 Å². The van der Waals surface area contributed by atoms with Crippen LogP contribution in [0.5, 0.6) is 0 Å². The zero-order valence-corrected chi connectivity index (χ0v) is 9.94. The molecule has 0 saturated carbocycles. The minimum Gasteiger partial charge on any atom is -0.355 e. The summed E-state index contributed by atoms with van der Waals surface area (Å²) in [5, 5.41) is 5.08. The Morgan fingerprint density at radius 1 is 0.938 bits per heavy atom. The lowest BCUT2D eigenvalue weighted by molar-refractivity contribution is 0.441. The molecule has 0 aliphatic carbocycles. The monoisotopic (exact) mass is 273 g/mol. The third kappa shape index (κ3) is 1.53. The molecule has 2 nitrogen and oxygen atoms in total. The Labute approximate surface area is 101 Å². The molecule has 3 heteroatoms. The molecule has 0 aliphatic rings. The van der Waals surface area contributed by atoms with Crippen LogP contribution >= 0.6 is 15.9 Å². The molecule has 0 fully saturated rings. The normalized spacial score (nSPS) is 10.8. The topological polar surface area (TPSA) is 26.0 Å². The summed E-state index contributed by atoms with van der Waals surface area (Å²) in [6.45, 7) is 0. The molecule has 3 aromatic rings. The van der Waals surface area contributed by atoms with Crippen molar-refractivity contribution in [2.45, 2.75) is 0 Å². The van der Waals surface area contributed by atoms with E-state index in [4.69, 9.17) is 4.52 Å². The van der Waals surface area contributed by atoms with E-state index < -0.39 is 0 Å². The van der Waals surface area contributed by atoms with E-state index in [0.717, 1.165) is 26.7 Å². The zero-order chi connectivity index (χ0) is 11.0. The summed E-state index contributed by atoms with van der Waals surface area (Å²) >= 11 is 3.41. The summed E-state index contributed by atoms with van der Waals surface area (Å²) in [6, 6.07) is 15.9. The van der Waals surface area contributed by atoms with Crippen LogP contribution in [0.1, 0.15) is 0 Å². The van der Waals surface area contributed by atoms with Crippen LogP contribution < -0.4 is 0 Å². The van der Waals surface area contributed by atoms with Crippen molar-refractivity contribution in [3.8, 4) is 11.3 Å². The van der Waals surface area contributed by atoms with Gasteiger partial charge in [0, 0.05) is 15.4 Å². The van der Waals surface area contributed by atoms with Gasteiger partial charge in [-0.1, -0.05) is 33.2 Å². The maximum absolute atomic E-state index is 5.38. The average molecular weight is 274 g/mol. The molecule has 0 unspecified atom stereocenters. The SMILES string of the molecule is Brc1ccc(-c2onc3ccccc23)cc1. The second-order valence-corrected chi connectivity index (χ2v) is 4.45. The molecule has 0 N–H and O–H groups in total. The number of halogens is 1. The number of hydrogen-bond acceptors (Lipinski definition) is 2. The highest BCUT2D eigenvalue weighted by atomic mass is 79.9. The Balaban J connectivity index is 2.22. The Kier molecular flexibility index (Phi) is 2.26. The highest BCUT2D eigenvalue weighted by molar-refractivity contribution is 9.10. The van der Waals surface area contributed by atoms with E-state index in [1.54, 1.807) is 0 Å². The number of hydrogen-bond donors (Lipinski definition) is 0. The molecule has 16 heavy (non-hydrogen) atoms. The van der Waals surface area contributed by atoms with Crippen molar-refractivity contribution in [3.63, 3.8) is 0 Å². The van der Waals surface area contributed by atoms with E-state index >= 15 is 0 Å². The first-order valence-corrected chi connectivity index (χ1v) is 5.74. The molecule has 0 atom stereocenters. The zero-order valence-electron chi connectivity index (χ0n) is 8.35. The lowest BCUT2D eigenvalue weighted by Crippen LogP contribution is -1.74. The third-order valence-electron chi connectivity index (χ3n) is 2.49. The summed E-state index contributed by atoms with van der Waals surface area (Å²) in [6.07, 6.45) is 0. The van der Waals surface area contributed by atoms with Gasteiger partial charge >= 0.3 is 0 Å². The van der Waals surface area contributed by atoms with Crippen LogP contribution in [0.4, 0.5) is 0 Å². The Bertz CT molecular complexity index is 628. The number of aromatic nitrogens is 1. The standard InChI is InChI=1S/C13H8BrNO/c14-10-7-5-9(6-8-10)13-11-3-1-2-4-12(11)15-16-13/h1-8H. The van der Waals surface area contributed by atoms with E-state index in [-0.39, 0.29) is 0 Å². The van der Waals surface area contributed by atoms with Crippen LogP contribution in [0.3, 0.4) is 0 Å². The van der Waals surface area contributed by atoms with Crippen molar-refractivity contribution in [3.05, 3.63) is 53.0 Å². The van der Waals surface area contributed by atoms with Gasteiger partial charge in [0.15, 0.2) is 5.76 Å². The first-order valence-electron chi connectivity index (χ1n) is 4.95. The van der Waals surface area contributed by atoms with Gasteiger partial charge in [-0.15, -0.1) is 0 Å². The third-order valence-corrected chi connectivity index (χ3v) is 3.02. The number of nitrogens with zero attached hydrogens (tertiary/aromatic N) is 1. The van der Waals surface area contributed by atoms with Crippen LogP contribution in [-0.2, 0) is 0 Å². The van der Waals surface area contributed by atoms with E-state index in [9.17, 15) is 0 Å². The molecule has 0 spiro atoms. The molecule has 0 aliphatic heterocycles. The quantitative estimate of drug-likeness (QED) is 0.662. The van der Waals surface area contributed by atoms with Crippen molar-refractivity contribution in [1.82, 2.24) is 5.16 Å². The van der Waals surface area contributed by atoms with Crippen molar-refractivity contribution in [2.24, 2.45) is 0 Å². The van der Waals surface area contributed by atoms with Crippen LogP contribution in [-0.4, -0.2) is 5.16 Å². The maximum atomic E-state index is 5.38. The van der Waals surface area contributed by atoms with Gasteiger partial charge in [-0.2, -0.15) is 0 Å². The van der Waals surface area contributed by atoms with E-state index in [1.165, 1.54) is 0 Å². The molecule has 0 bridgehead atoms. The molecule has 78 valence electrons. The first-order chi connectivity index (χ1) is 7.84. The second-order valence-electron chi connectivity index (χ2n) is 3.54. The van der Waals surface area contributed by atoms with Gasteiger partial charge < -0.3 is 4.52 Å². The van der Waals surface area contributed by atoms with Crippen molar-refractivity contribution < 1.29 is 4.52 Å². The van der Waals surface area contributed by atoms with Crippen LogP contribution in [0.25, 0.3) is 22.2 Å². The number of benzene rings is 2. The summed E-state index contributed by atoms with van der Waals surface area (Å²) in [5.41, 5.74) is 1.93. The molecule has 0 radical (unpaired) electrons. The van der Waals surface area contributed by atoms with Crippen LogP contribution in [0.2, 0.25) is 0 Å². The molecule has 0 amide bonds. The molecule has 2 aromatic carbocycles. The Hall–Kier alpha value is -1.61. The van der Waals surface area contributed by atoms with Crippen molar-refractivity contribution >= 4 is 26.8 Å². The molecule has 0 saturated heterocycles. The predicted molar refractivity (Wildman–Crippen MR) is 67.1 cm³/mol. The largest absolute Gasteiger partial charge is 0.355 e. The van der Waals surface area contributed by atoms with E-state index in [1.807, 2.05) is 48.5 Å². The predicted octanol–water partition coefficient (Wildman–Crippen LogP) is 4.26. The average Bonchev–Trinajstić information content (AvgIpc) is 2.74. The summed E-state index contributed by atoms with van der Waals surface area (Å²) < 4.78 is 6.43. The Morgan fingerprint density at radius 3 is 2.50 bits per heavy atom. The molecular weight excluding hydrogens is 266 g/mol. The molecule has 3 rings (SSSR count). The second kappa shape index (κ2) is 3.76. The first kappa shape index (κ1) is 9.60. The Morgan fingerprint density at radius 2 is 1.69 bits per heavy atom. The van der Waals surface area contributed by atoms with Crippen molar-refractivity contribution in [2.75, 3.05) is 0 Å². The fraction of sp³-hybridized carbons (Fsp3) is 0. The lowest BCUT2D eigenvalue weighted by Gasteiger charge is -1.96. The summed E-state index contributed by atoms with van der Waals surface area (Å²) in [7, 11) is 0. The fourth-order valence-electron chi connectivity index (χ4n) is 1.70. The smallest absolute Gasteiger partial charge is 0.174 e. The molecule has 1 heterocycles. The lowest BCUT2D eigenvalue weighted by atomic mass is 10.1. The van der Waals surface area contributed by atoms with E-state index in [0.29, 0.717) is 0 Å². The highest BCUT2D eigenvalue weighted by Crippen LogP contribution is 2.29. The van der Waals surface area contributed by atoms with Gasteiger partial charge in [-0.25, -0.2) is 0 Å². The van der Waals surface area contributed by atoms with Crippen molar-refractivity contribution in [1.29, 1.82) is 0 Å². The molecular formula is C13H8BrNO. The van der Waals surface area contributed by atoms with Gasteiger partial charge in [0.25, 0.3) is 0 Å².